The van der Waals surface area contributed by atoms with Crippen LogP contribution < -0.4 is 0 Å². The fraction of sp³-hybridized carbons (Fsp3) is 0.720. The molecule has 31 heavy (non-hydrogen) atoms. The number of piperidine rings is 3. The van der Waals surface area contributed by atoms with Gasteiger partial charge in [-0.2, -0.15) is 0 Å². The van der Waals surface area contributed by atoms with Crippen molar-refractivity contribution < 1.29 is 9.59 Å². The van der Waals surface area contributed by atoms with Crippen LogP contribution in [-0.2, 0) is 4.79 Å². The Hall–Kier alpha value is -1.95. The van der Waals surface area contributed by atoms with Gasteiger partial charge in [0, 0.05) is 63.0 Å². The van der Waals surface area contributed by atoms with Gasteiger partial charge in [-0.15, -0.1) is 0 Å². The molecule has 4 rings (SSSR count). The van der Waals surface area contributed by atoms with Crippen LogP contribution in [0, 0.1) is 0 Å². The molecule has 2 amide bonds. The van der Waals surface area contributed by atoms with E-state index < -0.39 is 0 Å². The largest absolute Gasteiger partial charge is 0.343 e. The molecule has 0 N–H and O–H groups in total. The zero-order chi connectivity index (χ0) is 21.6. The Morgan fingerprint density at radius 1 is 0.903 bits per heavy atom. The van der Waals surface area contributed by atoms with Crippen LogP contribution in [0.3, 0.4) is 0 Å². The highest BCUT2D eigenvalue weighted by Crippen LogP contribution is 2.27. The van der Waals surface area contributed by atoms with Crippen LogP contribution >= 0.6 is 0 Å². The lowest BCUT2D eigenvalue weighted by Crippen LogP contribution is -2.42. The van der Waals surface area contributed by atoms with Crippen molar-refractivity contribution in [3.8, 4) is 0 Å². The smallest absolute Gasteiger partial charge is 0.255 e. The first kappa shape index (κ1) is 22.3. The number of hydrogen-bond acceptors (Lipinski definition) is 4. The molecule has 1 aromatic rings. The van der Waals surface area contributed by atoms with E-state index in [0.29, 0.717) is 29.9 Å². The molecule has 0 unspecified atom stereocenters. The molecular weight excluding hydrogens is 388 g/mol. The Balaban J connectivity index is 1.23. The molecular formula is C25H38N4O2. The van der Waals surface area contributed by atoms with Gasteiger partial charge < -0.3 is 14.7 Å². The first-order chi connectivity index (χ1) is 15.1. The molecule has 0 spiro atoms. The van der Waals surface area contributed by atoms with Gasteiger partial charge in [-0.1, -0.05) is 6.42 Å². The number of likely N-dealkylation sites (tertiary alicyclic amines) is 3. The lowest BCUT2D eigenvalue weighted by atomic mass is 9.92. The zero-order valence-electron chi connectivity index (χ0n) is 19.1. The van der Waals surface area contributed by atoms with E-state index in [1.54, 1.807) is 6.20 Å². The minimum atomic E-state index is 0.113. The van der Waals surface area contributed by atoms with Crippen molar-refractivity contribution in [2.45, 2.75) is 76.7 Å². The summed E-state index contributed by atoms with van der Waals surface area (Å²) in [5.74, 6) is 0.791. The number of hydrogen-bond donors (Lipinski definition) is 0. The van der Waals surface area contributed by atoms with E-state index >= 15 is 0 Å². The Labute approximate surface area is 187 Å². The van der Waals surface area contributed by atoms with Gasteiger partial charge in [0.05, 0.1) is 5.56 Å². The molecule has 0 aliphatic carbocycles. The molecule has 4 heterocycles. The molecule has 170 valence electrons. The second-order valence-electron chi connectivity index (χ2n) is 9.61. The standard InChI is InChI=1S/C25H38N4O2/c1-20-7-3-6-13-27(20)18-12-24(30)28-16-10-21(11-17-28)23-9-8-22(19-26-23)25(31)29-14-4-2-5-15-29/h8-9,19-21H,2-7,10-18H2,1H3/t20-/m0/s1. The molecule has 3 aliphatic rings. The first-order valence-electron chi connectivity index (χ1n) is 12.4. The summed E-state index contributed by atoms with van der Waals surface area (Å²) in [6.45, 7) is 7.68. The van der Waals surface area contributed by atoms with Gasteiger partial charge in [0.2, 0.25) is 5.91 Å². The van der Waals surface area contributed by atoms with Crippen LogP contribution in [0.2, 0.25) is 0 Å². The summed E-state index contributed by atoms with van der Waals surface area (Å²) in [4.78, 5) is 36.4. The summed E-state index contributed by atoms with van der Waals surface area (Å²) < 4.78 is 0. The Bertz CT molecular complexity index is 736. The summed E-state index contributed by atoms with van der Waals surface area (Å²) >= 11 is 0. The van der Waals surface area contributed by atoms with Gasteiger partial charge in [0.1, 0.15) is 0 Å². The fourth-order valence-corrected chi connectivity index (χ4v) is 5.36. The van der Waals surface area contributed by atoms with Crippen molar-refractivity contribution >= 4 is 11.8 Å². The lowest BCUT2D eigenvalue weighted by molar-refractivity contribution is -0.132. The predicted molar refractivity (Wildman–Crippen MR) is 122 cm³/mol. The average molecular weight is 427 g/mol. The number of nitrogens with zero attached hydrogens (tertiary/aromatic N) is 4. The van der Waals surface area contributed by atoms with E-state index in [0.717, 1.165) is 70.6 Å². The van der Waals surface area contributed by atoms with Gasteiger partial charge in [-0.3, -0.25) is 14.6 Å². The molecule has 3 fully saturated rings. The van der Waals surface area contributed by atoms with Gasteiger partial charge in [0.25, 0.3) is 5.91 Å². The second-order valence-corrected chi connectivity index (χ2v) is 9.61. The zero-order valence-corrected chi connectivity index (χ0v) is 19.1. The molecule has 6 heteroatoms. The lowest BCUT2D eigenvalue weighted by Gasteiger charge is -2.35. The van der Waals surface area contributed by atoms with Crippen molar-refractivity contribution in [2.75, 3.05) is 39.3 Å². The normalized spacial score (nSPS) is 23.7. The van der Waals surface area contributed by atoms with Crippen molar-refractivity contribution in [1.82, 2.24) is 19.7 Å². The number of aromatic nitrogens is 1. The second kappa shape index (κ2) is 10.6. The maximum atomic E-state index is 12.7. The summed E-state index contributed by atoms with van der Waals surface area (Å²) in [5.41, 5.74) is 1.76. The molecule has 0 aromatic carbocycles. The van der Waals surface area contributed by atoms with E-state index in [1.807, 2.05) is 21.9 Å². The highest BCUT2D eigenvalue weighted by molar-refractivity contribution is 5.94. The third kappa shape index (κ3) is 5.65. The number of carbonyl (C=O) groups is 2. The number of rotatable bonds is 5. The van der Waals surface area contributed by atoms with Crippen LogP contribution in [0.25, 0.3) is 0 Å². The number of carbonyl (C=O) groups excluding carboxylic acids is 2. The van der Waals surface area contributed by atoms with Gasteiger partial charge in [-0.05, 0) is 70.5 Å². The summed E-state index contributed by atoms with van der Waals surface area (Å²) in [7, 11) is 0. The number of pyridine rings is 1. The van der Waals surface area contributed by atoms with Gasteiger partial charge in [-0.25, -0.2) is 0 Å². The highest BCUT2D eigenvalue weighted by Gasteiger charge is 2.26. The maximum Gasteiger partial charge on any atom is 0.255 e. The van der Waals surface area contributed by atoms with Crippen LogP contribution in [0.15, 0.2) is 18.3 Å². The van der Waals surface area contributed by atoms with Crippen LogP contribution in [-0.4, -0.2) is 76.8 Å². The van der Waals surface area contributed by atoms with E-state index in [9.17, 15) is 9.59 Å². The third-order valence-corrected chi connectivity index (χ3v) is 7.50. The molecule has 1 aromatic heterocycles. The summed E-state index contributed by atoms with van der Waals surface area (Å²) in [5, 5.41) is 0. The maximum absolute atomic E-state index is 12.7. The summed E-state index contributed by atoms with van der Waals surface area (Å²) in [6.07, 6.45) is 11.6. The third-order valence-electron chi connectivity index (χ3n) is 7.50. The Morgan fingerprint density at radius 3 is 2.32 bits per heavy atom. The Kier molecular flexibility index (Phi) is 7.59. The molecule has 3 saturated heterocycles. The molecule has 0 radical (unpaired) electrons. The quantitative estimate of drug-likeness (QED) is 0.721. The van der Waals surface area contributed by atoms with Gasteiger partial charge in [0.15, 0.2) is 0 Å². The molecule has 0 saturated carbocycles. The van der Waals surface area contributed by atoms with E-state index in [1.165, 1.54) is 25.7 Å². The first-order valence-corrected chi connectivity index (χ1v) is 12.4. The highest BCUT2D eigenvalue weighted by atomic mass is 16.2. The summed E-state index contributed by atoms with van der Waals surface area (Å²) in [6, 6.07) is 4.58. The van der Waals surface area contributed by atoms with E-state index in [4.69, 9.17) is 0 Å². The van der Waals surface area contributed by atoms with E-state index in [2.05, 4.69) is 16.8 Å². The monoisotopic (exact) mass is 426 g/mol. The van der Waals surface area contributed by atoms with Crippen molar-refractivity contribution in [3.63, 3.8) is 0 Å². The molecule has 3 aliphatic heterocycles. The average Bonchev–Trinajstić information content (AvgIpc) is 2.84. The SMILES string of the molecule is C[C@H]1CCCCN1CCC(=O)N1CCC(c2ccc(C(=O)N3CCCCC3)cn2)CC1. The van der Waals surface area contributed by atoms with Crippen molar-refractivity contribution in [3.05, 3.63) is 29.6 Å². The van der Waals surface area contributed by atoms with Crippen LogP contribution in [0.4, 0.5) is 0 Å². The van der Waals surface area contributed by atoms with Crippen molar-refractivity contribution in [2.24, 2.45) is 0 Å². The Morgan fingerprint density at radius 2 is 1.65 bits per heavy atom. The van der Waals surface area contributed by atoms with E-state index in [-0.39, 0.29) is 5.91 Å². The topological polar surface area (TPSA) is 56.8 Å². The predicted octanol–water partition coefficient (Wildman–Crippen LogP) is 3.68. The van der Waals surface area contributed by atoms with Crippen LogP contribution in [0.1, 0.15) is 86.7 Å². The molecule has 1 atom stereocenters. The minimum absolute atomic E-state index is 0.113. The fourth-order valence-electron chi connectivity index (χ4n) is 5.36. The minimum Gasteiger partial charge on any atom is -0.343 e. The molecule has 0 bridgehead atoms. The number of amides is 2. The van der Waals surface area contributed by atoms with Crippen molar-refractivity contribution in [1.29, 1.82) is 0 Å². The van der Waals surface area contributed by atoms with Crippen LogP contribution in [0.5, 0.6) is 0 Å². The molecule has 6 nitrogen and oxygen atoms in total. The van der Waals surface area contributed by atoms with Gasteiger partial charge >= 0.3 is 0 Å².